The highest BCUT2D eigenvalue weighted by Gasteiger charge is 2.03. The lowest BCUT2D eigenvalue weighted by atomic mass is 10.5. The molecule has 1 N–H and O–H groups in total. The van der Waals surface area contributed by atoms with Crippen molar-refractivity contribution in [3.63, 3.8) is 0 Å². The molecule has 0 atom stereocenters. The first kappa shape index (κ1) is 10.7. The first-order chi connectivity index (χ1) is 6.59. The van der Waals surface area contributed by atoms with Crippen LogP contribution in [0.3, 0.4) is 0 Å². The zero-order valence-corrected chi connectivity index (χ0v) is 8.75. The molecule has 1 heterocycles. The molecule has 0 aromatic carbocycles. The molecular formula is C8H11ClN4O. The summed E-state index contributed by atoms with van der Waals surface area (Å²) in [6.07, 6.45) is 1.34. The second-order valence-electron chi connectivity index (χ2n) is 2.87. The van der Waals surface area contributed by atoms with Crippen molar-refractivity contribution in [1.29, 1.82) is 0 Å². The molecule has 14 heavy (non-hydrogen) atoms. The lowest BCUT2D eigenvalue weighted by Gasteiger charge is -2.10. The largest absolute Gasteiger partial charge is 0.361 e. The number of likely N-dealkylation sites (N-methyl/N-ethyl adjacent to an activating group) is 1. The Bertz CT molecular complexity index is 329. The molecule has 0 aliphatic heterocycles. The van der Waals surface area contributed by atoms with Gasteiger partial charge in [0, 0.05) is 20.2 Å². The summed E-state index contributed by atoms with van der Waals surface area (Å²) in [4.78, 5) is 20.3. The van der Waals surface area contributed by atoms with Crippen LogP contribution in [0.15, 0.2) is 12.4 Å². The van der Waals surface area contributed by atoms with Gasteiger partial charge in [0.15, 0.2) is 0 Å². The highest BCUT2D eigenvalue weighted by molar-refractivity contribution is 6.29. The molecule has 0 fully saturated rings. The number of hydrogen-bond acceptors (Lipinski definition) is 4. The fraction of sp³-hybridized carbons (Fsp3) is 0.375. The van der Waals surface area contributed by atoms with Crippen molar-refractivity contribution in [1.82, 2.24) is 14.9 Å². The number of amides is 1. The smallest absolute Gasteiger partial charge is 0.241 e. The fourth-order valence-electron chi connectivity index (χ4n) is 0.755. The van der Waals surface area contributed by atoms with Gasteiger partial charge in [-0.2, -0.15) is 0 Å². The Kier molecular flexibility index (Phi) is 3.64. The number of nitrogens with one attached hydrogen (secondary N) is 1. The predicted octanol–water partition coefficient (Wildman–Crippen LogP) is 0.630. The SMILES string of the molecule is CN(C)C(=O)CNc1cc(Cl)ncn1. The summed E-state index contributed by atoms with van der Waals surface area (Å²) in [6.45, 7) is 0.195. The molecule has 76 valence electrons. The minimum Gasteiger partial charge on any atom is -0.361 e. The third-order valence-corrected chi connectivity index (χ3v) is 1.76. The lowest BCUT2D eigenvalue weighted by Crippen LogP contribution is -2.28. The minimum absolute atomic E-state index is 0.0280. The Labute approximate surface area is 87.1 Å². The Hall–Kier alpha value is -1.36. The van der Waals surface area contributed by atoms with Crippen molar-refractivity contribution < 1.29 is 4.79 Å². The number of anilines is 1. The number of halogens is 1. The van der Waals surface area contributed by atoms with Crippen LogP contribution in [0.4, 0.5) is 5.82 Å². The summed E-state index contributed by atoms with van der Waals surface area (Å²) in [5.74, 6) is 0.514. The van der Waals surface area contributed by atoms with Crippen molar-refractivity contribution >= 4 is 23.3 Å². The fourth-order valence-corrected chi connectivity index (χ4v) is 0.902. The van der Waals surface area contributed by atoms with E-state index < -0.39 is 0 Å². The van der Waals surface area contributed by atoms with Crippen molar-refractivity contribution in [2.75, 3.05) is 26.0 Å². The van der Waals surface area contributed by atoms with E-state index in [4.69, 9.17) is 11.6 Å². The van der Waals surface area contributed by atoms with Gasteiger partial charge >= 0.3 is 0 Å². The Balaban J connectivity index is 2.50. The van der Waals surface area contributed by atoms with Crippen molar-refractivity contribution in [3.05, 3.63) is 17.5 Å². The zero-order valence-electron chi connectivity index (χ0n) is 7.99. The molecule has 0 spiro atoms. The predicted molar refractivity (Wildman–Crippen MR) is 54.2 cm³/mol. The van der Waals surface area contributed by atoms with Crippen molar-refractivity contribution in [2.24, 2.45) is 0 Å². The second-order valence-corrected chi connectivity index (χ2v) is 3.25. The van der Waals surface area contributed by atoms with E-state index in [0.717, 1.165) is 0 Å². The van der Waals surface area contributed by atoms with Crippen LogP contribution in [0.25, 0.3) is 0 Å². The number of rotatable bonds is 3. The lowest BCUT2D eigenvalue weighted by molar-refractivity contribution is -0.126. The monoisotopic (exact) mass is 214 g/mol. The molecule has 6 heteroatoms. The van der Waals surface area contributed by atoms with Crippen LogP contribution >= 0.6 is 11.6 Å². The highest BCUT2D eigenvalue weighted by atomic mass is 35.5. The first-order valence-electron chi connectivity index (χ1n) is 4.01. The maximum absolute atomic E-state index is 11.2. The second kappa shape index (κ2) is 4.76. The van der Waals surface area contributed by atoms with Gasteiger partial charge in [-0.15, -0.1) is 0 Å². The molecule has 1 rings (SSSR count). The summed E-state index contributed by atoms with van der Waals surface area (Å²) in [5, 5.41) is 3.19. The standard InChI is InChI=1S/C8H11ClN4O/c1-13(2)8(14)4-10-7-3-6(9)11-5-12-7/h3,5H,4H2,1-2H3,(H,10,11,12). The first-order valence-corrected chi connectivity index (χ1v) is 4.39. The van der Waals surface area contributed by atoms with Gasteiger partial charge in [-0.1, -0.05) is 11.6 Å². The van der Waals surface area contributed by atoms with Gasteiger partial charge in [-0.05, 0) is 0 Å². The third-order valence-electron chi connectivity index (χ3n) is 1.55. The van der Waals surface area contributed by atoms with Crippen LogP contribution in [0.5, 0.6) is 0 Å². The number of nitrogens with zero attached hydrogens (tertiary/aromatic N) is 3. The zero-order chi connectivity index (χ0) is 10.6. The van der Waals surface area contributed by atoms with Gasteiger partial charge in [0.25, 0.3) is 0 Å². The van der Waals surface area contributed by atoms with E-state index in [0.29, 0.717) is 11.0 Å². The van der Waals surface area contributed by atoms with Gasteiger partial charge in [0.2, 0.25) is 5.91 Å². The van der Waals surface area contributed by atoms with Crippen LogP contribution in [0, 0.1) is 0 Å². The average Bonchev–Trinajstić information content (AvgIpc) is 2.14. The third kappa shape index (κ3) is 3.18. The number of carbonyl (C=O) groups is 1. The van der Waals surface area contributed by atoms with Crippen molar-refractivity contribution in [2.45, 2.75) is 0 Å². The number of aromatic nitrogens is 2. The van der Waals surface area contributed by atoms with Gasteiger partial charge < -0.3 is 10.2 Å². The Morgan fingerprint density at radius 3 is 2.86 bits per heavy atom. The van der Waals surface area contributed by atoms with E-state index in [2.05, 4.69) is 15.3 Å². The molecule has 1 aromatic rings. The van der Waals surface area contributed by atoms with E-state index in [1.54, 1.807) is 20.2 Å². The van der Waals surface area contributed by atoms with Gasteiger partial charge in [-0.25, -0.2) is 9.97 Å². The molecular weight excluding hydrogens is 204 g/mol. The van der Waals surface area contributed by atoms with E-state index in [1.807, 2.05) is 0 Å². The molecule has 0 saturated carbocycles. The molecule has 0 aliphatic carbocycles. The van der Waals surface area contributed by atoms with Crippen LogP contribution in [-0.2, 0) is 4.79 Å². The Morgan fingerprint density at radius 2 is 2.29 bits per heavy atom. The van der Waals surface area contributed by atoms with Gasteiger partial charge in [0.1, 0.15) is 17.3 Å². The quantitative estimate of drug-likeness (QED) is 0.750. The molecule has 0 bridgehead atoms. The van der Waals surface area contributed by atoms with E-state index in [-0.39, 0.29) is 12.5 Å². The number of carbonyl (C=O) groups excluding carboxylic acids is 1. The van der Waals surface area contributed by atoms with Crippen LogP contribution < -0.4 is 5.32 Å². The van der Waals surface area contributed by atoms with Crippen LogP contribution in [0.1, 0.15) is 0 Å². The normalized spacial score (nSPS) is 9.64. The summed E-state index contributed by atoms with van der Waals surface area (Å²) in [7, 11) is 3.38. The van der Waals surface area contributed by atoms with E-state index >= 15 is 0 Å². The summed E-state index contributed by atoms with van der Waals surface area (Å²) >= 11 is 5.64. The molecule has 0 saturated heterocycles. The van der Waals surface area contributed by atoms with Crippen LogP contribution in [-0.4, -0.2) is 41.4 Å². The Morgan fingerprint density at radius 1 is 1.57 bits per heavy atom. The maximum Gasteiger partial charge on any atom is 0.241 e. The molecule has 0 radical (unpaired) electrons. The van der Waals surface area contributed by atoms with Gasteiger partial charge in [0.05, 0.1) is 6.54 Å². The molecule has 5 nitrogen and oxygen atoms in total. The molecule has 1 amide bonds. The van der Waals surface area contributed by atoms with Crippen molar-refractivity contribution in [3.8, 4) is 0 Å². The number of hydrogen-bond donors (Lipinski definition) is 1. The van der Waals surface area contributed by atoms with E-state index in [9.17, 15) is 4.79 Å². The summed E-state index contributed by atoms with van der Waals surface area (Å²) in [5.41, 5.74) is 0. The topological polar surface area (TPSA) is 58.1 Å². The average molecular weight is 215 g/mol. The maximum atomic E-state index is 11.2. The van der Waals surface area contributed by atoms with Gasteiger partial charge in [-0.3, -0.25) is 4.79 Å². The minimum atomic E-state index is -0.0280. The van der Waals surface area contributed by atoms with Crippen LogP contribution in [0.2, 0.25) is 5.15 Å². The molecule has 0 unspecified atom stereocenters. The highest BCUT2D eigenvalue weighted by Crippen LogP contribution is 2.07. The van der Waals surface area contributed by atoms with E-state index in [1.165, 1.54) is 11.2 Å². The molecule has 0 aliphatic rings. The summed E-state index contributed by atoms with van der Waals surface area (Å²) in [6, 6.07) is 1.56. The molecule has 1 aromatic heterocycles. The summed E-state index contributed by atoms with van der Waals surface area (Å²) < 4.78 is 0.